The number of ether oxygens (including phenoxy) is 1. The molecule has 0 radical (unpaired) electrons. The summed E-state index contributed by atoms with van der Waals surface area (Å²) in [5, 5.41) is 8.49. The predicted octanol–water partition coefficient (Wildman–Crippen LogP) is 5.30. The summed E-state index contributed by atoms with van der Waals surface area (Å²) in [6, 6.07) is 28.0. The van der Waals surface area contributed by atoms with Crippen LogP contribution in [0, 0.1) is 6.92 Å². The third-order valence-corrected chi connectivity index (χ3v) is 7.48. The number of benzene rings is 4. The molecule has 206 valence electrons. The van der Waals surface area contributed by atoms with Crippen molar-refractivity contribution < 1.29 is 22.7 Å². The second-order valence-electron chi connectivity index (χ2n) is 9.00. The Bertz CT molecular complexity index is 1530. The number of nitrogens with one attached hydrogen (secondary N) is 4. The Balaban J connectivity index is 1.61. The minimum Gasteiger partial charge on any atom is -0.497 e. The maximum atomic E-state index is 13.1. The monoisotopic (exact) mass is 558 g/mol. The first-order chi connectivity index (χ1) is 19.2. The van der Waals surface area contributed by atoms with Crippen molar-refractivity contribution in [3.63, 3.8) is 0 Å². The lowest BCUT2D eigenvalue weighted by atomic mass is 9.93. The van der Waals surface area contributed by atoms with Crippen molar-refractivity contribution in [1.82, 2.24) is 15.4 Å². The van der Waals surface area contributed by atoms with Gasteiger partial charge in [0, 0.05) is 5.69 Å². The van der Waals surface area contributed by atoms with Gasteiger partial charge in [-0.2, -0.15) is 0 Å². The zero-order valence-electron chi connectivity index (χ0n) is 22.0. The topological polar surface area (TPSA) is 126 Å². The number of urea groups is 2. The van der Waals surface area contributed by atoms with Crippen LogP contribution in [-0.2, 0) is 10.0 Å². The van der Waals surface area contributed by atoms with Crippen molar-refractivity contribution in [3.05, 3.63) is 126 Å². The smallest absolute Gasteiger partial charge is 0.329 e. The van der Waals surface area contributed by atoms with E-state index in [9.17, 15) is 18.0 Å². The number of anilines is 1. The van der Waals surface area contributed by atoms with Crippen LogP contribution in [0.25, 0.3) is 0 Å². The maximum absolute atomic E-state index is 13.1. The van der Waals surface area contributed by atoms with Gasteiger partial charge >= 0.3 is 12.1 Å². The van der Waals surface area contributed by atoms with Crippen LogP contribution in [0.15, 0.2) is 114 Å². The minimum absolute atomic E-state index is 0.0406. The molecule has 10 heteroatoms. The fourth-order valence-electron chi connectivity index (χ4n) is 4.09. The highest BCUT2D eigenvalue weighted by molar-refractivity contribution is 7.90. The summed E-state index contributed by atoms with van der Waals surface area (Å²) in [6.45, 7) is 1.84. The highest BCUT2D eigenvalue weighted by atomic mass is 32.2. The summed E-state index contributed by atoms with van der Waals surface area (Å²) in [6.07, 6.45) is 0. The van der Waals surface area contributed by atoms with E-state index in [0.717, 1.165) is 5.56 Å². The van der Waals surface area contributed by atoms with Gasteiger partial charge in [-0.3, -0.25) is 0 Å². The summed E-state index contributed by atoms with van der Waals surface area (Å²) in [4.78, 5) is 26.2. The fraction of sp³-hybridized carbons (Fsp3) is 0.133. The molecular weight excluding hydrogens is 528 g/mol. The van der Waals surface area contributed by atoms with Crippen molar-refractivity contribution in [2.24, 2.45) is 0 Å². The Labute approximate surface area is 233 Å². The molecule has 4 amide bonds. The Hall–Kier alpha value is -4.83. The summed E-state index contributed by atoms with van der Waals surface area (Å²) in [7, 11) is -2.58. The van der Waals surface area contributed by atoms with Crippen LogP contribution >= 0.6 is 0 Å². The van der Waals surface area contributed by atoms with E-state index in [1.165, 1.54) is 12.1 Å². The number of carbonyl (C=O) groups is 2. The average molecular weight is 559 g/mol. The van der Waals surface area contributed by atoms with Gasteiger partial charge < -0.3 is 20.7 Å². The highest BCUT2D eigenvalue weighted by Crippen LogP contribution is 2.29. The third kappa shape index (κ3) is 7.39. The van der Waals surface area contributed by atoms with E-state index in [-0.39, 0.29) is 4.90 Å². The summed E-state index contributed by atoms with van der Waals surface area (Å²) < 4.78 is 33.0. The van der Waals surface area contributed by atoms with E-state index in [0.29, 0.717) is 22.6 Å². The molecule has 0 aliphatic heterocycles. The van der Waals surface area contributed by atoms with Gasteiger partial charge in [-0.1, -0.05) is 78.4 Å². The van der Waals surface area contributed by atoms with Crippen LogP contribution in [0.4, 0.5) is 15.3 Å². The molecule has 4 aromatic rings. The van der Waals surface area contributed by atoms with Gasteiger partial charge in [0.15, 0.2) is 0 Å². The van der Waals surface area contributed by atoms with Gasteiger partial charge in [0.05, 0.1) is 24.1 Å². The number of aryl methyl sites for hydroxylation is 1. The standard InChI is InChI=1S/C30H30N4O5S/c1-21-13-19-26(20-14-21)40(37,38)34-30(36)33-28(23-11-7-4-8-12-23)27(22-9-5-3-6-10-22)32-29(35)31-24-15-17-25(39-2)18-16-24/h3-20,27-28H,1-2H3,(H2,31,32,35)(H2,33,34,36)/t27-,28-/m0/s1. The molecule has 0 saturated heterocycles. The Morgan fingerprint density at radius 2 is 1.18 bits per heavy atom. The van der Waals surface area contributed by atoms with Crippen molar-refractivity contribution in [3.8, 4) is 5.75 Å². The van der Waals surface area contributed by atoms with Crippen LogP contribution < -0.4 is 25.4 Å². The number of carbonyl (C=O) groups excluding carboxylic acids is 2. The SMILES string of the molecule is COc1ccc(NC(=O)N[C@@H](c2ccccc2)[C@@H](NC(=O)NS(=O)(=O)c2ccc(C)cc2)c2ccccc2)cc1. The highest BCUT2D eigenvalue weighted by Gasteiger charge is 2.29. The molecule has 0 heterocycles. The van der Waals surface area contributed by atoms with Crippen LogP contribution in [0.3, 0.4) is 0 Å². The quantitative estimate of drug-likeness (QED) is 0.222. The second-order valence-corrected chi connectivity index (χ2v) is 10.7. The van der Waals surface area contributed by atoms with Crippen molar-refractivity contribution in [2.45, 2.75) is 23.9 Å². The predicted molar refractivity (Wildman–Crippen MR) is 154 cm³/mol. The minimum atomic E-state index is -4.14. The first kappa shape index (κ1) is 28.2. The van der Waals surface area contributed by atoms with Gasteiger partial charge in [-0.25, -0.2) is 22.7 Å². The molecule has 2 atom stereocenters. The summed E-state index contributed by atoms with van der Waals surface area (Å²) in [5.74, 6) is 0.646. The van der Waals surface area contributed by atoms with Gasteiger partial charge in [0.1, 0.15) is 5.75 Å². The molecule has 40 heavy (non-hydrogen) atoms. The largest absolute Gasteiger partial charge is 0.497 e. The molecule has 0 aromatic heterocycles. The first-order valence-corrected chi connectivity index (χ1v) is 13.9. The van der Waals surface area contributed by atoms with Gasteiger partial charge in [0.2, 0.25) is 0 Å². The molecule has 0 aliphatic carbocycles. The zero-order chi connectivity index (χ0) is 28.5. The van der Waals surface area contributed by atoms with Crippen LogP contribution in [-0.4, -0.2) is 27.6 Å². The zero-order valence-corrected chi connectivity index (χ0v) is 22.8. The van der Waals surface area contributed by atoms with Crippen LogP contribution in [0.5, 0.6) is 5.75 Å². The number of sulfonamides is 1. The van der Waals surface area contributed by atoms with Crippen LogP contribution in [0.1, 0.15) is 28.8 Å². The molecule has 0 saturated carbocycles. The van der Waals surface area contributed by atoms with Crippen LogP contribution in [0.2, 0.25) is 0 Å². The van der Waals surface area contributed by atoms with Gasteiger partial charge in [0.25, 0.3) is 10.0 Å². The van der Waals surface area contributed by atoms with E-state index in [4.69, 9.17) is 4.74 Å². The lowest BCUT2D eigenvalue weighted by molar-refractivity contribution is 0.232. The molecule has 0 aliphatic rings. The average Bonchev–Trinajstić information content (AvgIpc) is 2.96. The van der Waals surface area contributed by atoms with E-state index in [1.807, 2.05) is 43.3 Å². The van der Waals surface area contributed by atoms with Crippen molar-refractivity contribution in [2.75, 3.05) is 12.4 Å². The molecule has 4 rings (SSSR count). The lowest BCUT2D eigenvalue weighted by Gasteiger charge is -2.30. The fourth-order valence-corrected chi connectivity index (χ4v) is 5.01. The van der Waals surface area contributed by atoms with E-state index >= 15 is 0 Å². The van der Waals surface area contributed by atoms with Gasteiger partial charge in [-0.05, 0) is 54.4 Å². The number of hydrogen-bond donors (Lipinski definition) is 4. The maximum Gasteiger partial charge on any atom is 0.329 e. The normalized spacial score (nSPS) is 12.4. The molecule has 0 fully saturated rings. The Morgan fingerprint density at radius 3 is 1.68 bits per heavy atom. The van der Waals surface area contributed by atoms with Crippen molar-refractivity contribution in [1.29, 1.82) is 0 Å². The Kier molecular flexibility index (Phi) is 9.03. The summed E-state index contributed by atoms with van der Waals surface area (Å²) in [5.41, 5.74) is 2.78. The number of amides is 4. The third-order valence-electron chi connectivity index (χ3n) is 6.13. The molecule has 0 spiro atoms. The molecule has 0 bridgehead atoms. The molecule has 4 aromatic carbocycles. The molecule has 4 N–H and O–H groups in total. The van der Waals surface area contributed by atoms with Crippen molar-refractivity contribution >= 4 is 27.8 Å². The molecule has 0 unspecified atom stereocenters. The Morgan fingerprint density at radius 1 is 0.675 bits per heavy atom. The lowest BCUT2D eigenvalue weighted by Crippen LogP contribution is -2.46. The number of rotatable bonds is 9. The van der Waals surface area contributed by atoms with E-state index in [2.05, 4.69) is 20.7 Å². The van der Waals surface area contributed by atoms with E-state index < -0.39 is 34.2 Å². The molecule has 9 nitrogen and oxygen atoms in total. The second kappa shape index (κ2) is 12.8. The number of hydrogen-bond acceptors (Lipinski definition) is 5. The van der Waals surface area contributed by atoms with Gasteiger partial charge in [-0.15, -0.1) is 0 Å². The number of methoxy groups -OCH3 is 1. The van der Waals surface area contributed by atoms with E-state index in [1.54, 1.807) is 67.8 Å². The molecular formula is C30H30N4O5S. The summed E-state index contributed by atoms with van der Waals surface area (Å²) >= 11 is 0. The first-order valence-electron chi connectivity index (χ1n) is 12.5.